The standard InChI is InChI=1S/C49H78N10O13/c1-6-30(4)40(56-41(62)31(5)59(49(71)72-28-32-16-8-7-9-17-32)45(66)36(27-39(60)61)55-42(63)33(52)26-29(2)3)47(68)58-25-15-21-38(58)46(67)57-24-14-20-37(57)44(65)53-34(18-10-12-22-50)43(64)54-35(48(69)70)19-11-13-23-51/h7-9,16-17,29-31,33-38,40H,6,10-15,18-28,50-52H2,1-5H3,(H,53,65)(H,54,64)(H,55,63)(H,56,62)(H,60,61)(H,69,70)/t30-,31-,33-,34-,35-,36-,37-,38-,40-/m0/s1. The Balaban J connectivity index is 1.88. The number of unbranched alkanes of at least 4 members (excludes halogenated alkanes) is 2. The van der Waals surface area contributed by atoms with E-state index in [0.717, 1.165) is 0 Å². The number of nitrogens with two attached hydrogens (primary N) is 3. The van der Waals surface area contributed by atoms with Crippen LogP contribution in [0.5, 0.6) is 0 Å². The highest BCUT2D eigenvalue weighted by atomic mass is 16.6. The summed E-state index contributed by atoms with van der Waals surface area (Å²) in [6.07, 6.45) is 1.82. The van der Waals surface area contributed by atoms with Crippen LogP contribution >= 0.6 is 0 Å². The molecule has 12 N–H and O–H groups in total. The minimum absolute atomic E-state index is 0.0396. The van der Waals surface area contributed by atoms with Gasteiger partial charge in [-0.05, 0) is 108 Å². The van der Waals surface area contributed by atoms with Gasteiger partial charge in [-0.3, -0.25) is 38.4 Å². The number of nitrogens with zero attached hydrogens (tertiary/aromatic N) is 3. The van der Waals surface area contributed by atoms with Crippen molar-refractivity contribution in [2.24, 2.45) is 29.0 Å². The van der Waals surface area contributed by atoms with Crippen molar-refractivity contribution >= 4 is 59.4 Å². The number of carboxylic acids is 2. The van der Waals surface area contributed by atoms with E-state index in [1.54, 1.807) is 44.2 Å². The minimum Gasteiger partial charge on any atom is -0.481 e. The molecule has 72 heavy (non-hydrogen) atoms. The van der Waals surface area contributed by atoms with Crippen LogP contribution in [0.2, 0.25) is 0 Å². The highest BCUT2D eigenvalue weighted by molar-refractivity contribution is 6.03. The number of aliphatic carboxylic acids is 2. The molecule has 3 rings (SSSR count). The van der Waals surface area contributed by atoms with Gasteiger partial charge < -0.3 is 63.2 Å². The van der Waals surface area contributed by atoms with Gasteiger partial charge in [0, 0.05) is 13.1 Å². The van der Waals surface area contributed by atoms with Crippen LogP contribution in [-0.4, -0.2) is 159 Å². The third-order valence-corrected chi connectivity index (χ3v) is 13.0. The van der Waals surface area contributed by atoms with Crippen LogP contribution in [0.1, 0.15) is 124 Å². The summed E-state index contributed by atoms with van der Waals surface area (Å²) in [7, 11) is 0. The maximum absolute atomic E-state index is 14.7. The molecule has 0 aliphatic carbocycles. The van der Waals surface area contributed by atoms with E-state index >= 15 is 0 Å². The van der Waals surface area contributed by atoms with E-state index in [-0.39, 0.29) is 57.7 Å². The molecule has 1 aromatic carbocycles. The molecule has 2 saturated heterocycles. The number of amides is 8. The van der Waals surface area contributed by atoms with Crippen molar-refractivity contribution in [1.29, 1.82) is 0 Å². The molecule has 402 valence electrons. The van der Waals surface area contributed by atoms with Crippen LogP contribution in [0.15, 0.2) is 30.3 Å². The number of nitrogens with one attached hydrogen (secondary N) is 4. The molecule has 0 bridgehead atoms. The highest BCUT2D eigenvalue weighted by Gasteiger charge is 2.46. The SMILES string of the molecule is CC[C@H](C)[C@H](NC(=O)[C@H](C)N(C(=O)OCc1ccccc1)C(=O)[C@H](CC(=O)O)NC(=O)[C@@H](N)CC(C)C)C(=O)N1CCC[C@H]1C(=O)N1CCC[C@H]1C(=O)N[C@@H](CCCCN)C(=O)N[C@@H](CCCCN)C(=O)O. The van der Waals surface area contributed by atoms with Gasteiger partial charge in [-0.15, -0.1) is 0 Å². The van der Waals surface area contributed by atoms with Gasteiger partial charge in [0.2, 0.25) is 35.4 Å². The van der Waals surface area contributed by atoms with Crippen molar-refractivity contribution in [3.63, 3.8) is 0 Å². The van der Waals surface area contributed by atoms with E-state index in [9.17, 15) is 58.2 Å². The monoisotopic (exact) mass is 1010 g/mol. The number of rotatable bonds is 29. The van der Waals surface area contributed by atoms with Gasteiger partial charge in [-0.1, -0.05) is 64.4 Å². The van der Waals surface area contributed by atoms with E-state index in [1.165, 1.54) is 16.7 Å². The van der Waals surface area contributed by atoms with Gasteiger partial charge in [-0.2, -0.15) is 0 Å². The third-order valence-electron chi connectivity index (χ3n) is 13.0. The molecule has 0 saturated carbocycles. The second-order valence-electron chi connectivity index (χ2n) is 19.1. The second-order valence-corrected chi connectivity index (χ2v) is 19.1. The average Bonchev–Trinajstić information content (AvgIpc) is 4.05. The minimum atomic E-state index is -1.87. The second kappa shape index (κ2) is 30.0. The number of benzene rings is 1. The zero-order valence-corrected chi connectivity index (χ0v) is 42.3. The lowest BCUT2D eigenvalue weighted by atomic mass is 9.96. The van der Waals surface area contributed by atoms with Crippen molar-refractivity contribution in [3.8, 4) is 0 Å². The normalized spacial score (nSPS) is 18.4. The number of hydrogen-bond acceptors (Lipinski definition) is 14. The summed E-state index contributed by atoms with van der Waals surface area (Å²) >= 11 is 0. The highest BCUT2D eigenvalue weighted by Crippen LogP contribution is 2.27. The van der Waals surface area contributed by atoms with Crippen LogP contribution in [0.3, 0.4) is 0 Å². The van der Waals surface area contributed by atoms with Crippen LogP contribution in [0.4, 0.5) is 4.79 Å². The topological polar surface area (TPSA) is 356 Å². The molecule has 9 atom stereocenters. The van der Waals surface area contributed by atoms with E-state index in [4.69, 9.17) is 21.9 Å². The van der Waals surface area contributed by atoms with E-state index in [2.05, 4.69) is 21.3 Å². The quantitative estimate of drug-likeness (QED) is 0.0499. The Kier molecular flexibility index (Phi) is 25.0. The Morgan fingerprint density at radius 2 is 1.32 bits per heavy atom. The average molecular weight is 1020 g/mol. The number of carbonyl (C=O) groups excluding carboxylic acids is 8. The molecule has 23 nitrogen and oxygen atoms in total. The Hall–Kier alpha value is -6.20. The van der Waals surface area contributed by atoms with Crippen molar-refractivity contribution < 1.29 is 62.9 Å². The summed E-state index contributed by atoms with van der Waals surface area (Å²) < 4.78 is 5.46. The number of carbonyl (C=O) groups is 10. The number of carboxylic acid groups (broad SMARTS) is 2. The summed E-state index contributed by atoms with van der Waals surface area (Å²) in [6.45, 7) is 8.88. The lowest BCUT2D eigenvalue weighted by molar-refractivity contribution is -0.149. The largest absolute Gasteiger partial charge is 0.481 e. The van der Waals surface area contributed by atoms with E-state index in [1.807, 2.05) is 13.8 Å². The molecule has 2 heterocycles. The molecule has 0 aromatic heterocycles. The number of likely N-dealkylation sites (tertiary alicyclic amines) is 2. The molecule has 2 aliphatic heterocycles. The Bertz CT molecular complexity index is 2030. The molecule has 1 aromatic rings. The summed E-state index contributed by atoms with van der Waals surface area (Å²) in [5.74, 6) is -8.99. The first-order valence-corrected chi connectivity index (χ1v) is 25.1. The Morgan fingerprint density at radius 3 is 1.89 bits per heavy atom. The number of hydrogen-bond donors (Lipinski definition) is 9. The van der Waals surface area contributed by atoms with E-state index < -0.39 is 120 Å². The number of imide groups is 1. The molecule has 8 amide bonds. The summed E-state index contributed by atoms with van der Waals surface area (Å²) in [4.78, 5) is 139. The van der Waals surface area contributed by atoms with Gasteiger partial charge in [0.25, 0.3) is 5.91 Å². The van der Waals surface area contributed by atoms with Crippen LogP contribution in [-0.2, 0) is 54.5 Å². The molecule has 0 spiro atoms. The molecule has 2 aliphatic rings. The van der Waals surface area contributed by atoms with Gasteiger partial charge in [0.1, 0.15) is 48.9 Å². The maximum atomic E-state index is 14.7. The smallest absolute Gasteiger partial charge is 0.417 e. The first-order chi connectivity index (χ1) is 34.2. The van der Waals surface area contributed by atoms with Gasteiger partial charge >= 0.3 is 18.0 Å². The predicted molar refractivity (Wildman–Crippen MR) is 263 cm³/mol. The van der Waals surface area contributed by atoms with Gasteiger partial charge in [0.05, 0.1) is 12.5 Å². The summed E-state index contributed by atoms with van der Waals surface area (Å²) in [5, 5.41) is 29.9. The third kappa shape index (κ3) is 17.8. The zero-order chi connectivity index (χ0) is 53.7. The fourth-order valence-electron chi connectivity index (χ4n) is 8.75. The molecular formula is C49H78N10O13. The fraction of sp³-hybridized carbons (Fsp3) is 0.673. The van der Waals surface area contributed by atoms with Crippen LogP contribution < -0.4 is 38.5 Å². The first-order valence-electron chi connectivity index (χ1n) is 25.1. The molecule has 2 fully saturated rings. The first kappa shape index (κ1) is 60.1. The van der Waals surface area contributed by atoms with Crippen LogP contribution in [0, 0.1) is 11.8 Å². The maximum Gasteiger partial charge on any atom is 0.417 e. The van der Waals surface area contributed by atoms with Crippen molar-refractivity contribution in [3.05, 3.63) is 35.9 Å². The molecule has 23 heteroatoms. The summed E-state index contributed by atoms with van der Waals surface area (Å²) in [5.41, 5.74) is 17.8. The van der Waals surface area contributed by atoms with Gasteiger partial charge in [-0.25, -0.2) is 14.5 Å². The van der Waals surface area contributed by atoms with Crippen LogP contribution in [0.25, 0.3) is 0 Å². The molecule has 0 radical (unpaired) electrons. The molecular weight excluding hydrogens is 937 g/mol. The lowest BCUT2D eigenvalue weighted by Crippen LogP contribution is -2.62. The number of ether oxygens (including phenoxy) is 1. The van der Waals surface area contributed by atoms with Crippen molar-refractivity contribution in [2.45, 2.75) is 173 Å². The lowest BCUT2D eigenvalue weighted by Gasteiger charge is -2.35. The zero-order valence-electron chi connectivity index (χ0n) is 42.3. The van der Waals surface area contributed by atoms with Crippen molar-refractivity contribution in [2.75, 3.05) is 26.2 Å². The van der Waals surface area contributed by atoms with Gasteiger partial charge in [0.15, 0.2) is 0 Å². The summed E-state index contributed by atoms with van der Waals surface area (Å²) in [6, 6.07) is -2.07. The Labute approximate surface area is 421 Å². The van der Waals surface area contributed by atoms with Crippen molar-refractivity contribution in [1.82, 2.24) is 36.0 Å². The van der Waals surface area contributed by atoms with E-state index in [0.29, 0.717) is 68.5 Å². The fourth-order valence-corrected chi connectivity index (χ4v) is 8.75. The predicted octanol–water partition coefficient (Wildman–Crippen LogP) is 0.698. The molecule has 0 unspecified atom stereocenters. The Morgan fingerprint density at radius 1 is 0.736 bits per heavy atom.